The zero-order valence-corrected chi connectivity index (χ0v) is 20.1. The largest absolute Gasteiger partial charge is 0.450 e. The molecule has 0 amide bonds. The van der Waals surface area contributed by atoms with Crippen molar-refractivity contribution < 1.29 is 39.5 Å². The van der Waals surface area contributed by atoms with E-state index in [1.165, 1.54) is 13.0 Å². The van der Waals surface area contributed by atoms with Crippen molar-refractivity contribution in [1.82, 2.24) is 4.98 Å². The van der Waals surface area contributed by atoms with Crippen LogP contribution in [0.15, 0.2) is 29.5 Å². The lowest BCUT2D eigenvalue weighted by atomic mass is 9.55. The van der Waals surface area contributed by atoms with Gasteiger partial charge >= 0.3 is 11.9 Å². The molecule has 3 fully saturated rings. The van der Waals surface area contributed by atoms with Crippen LogP contribution < -0.4 is 0 Å². The van der Waals surface area contributed by atoms with Crippen LogP contribution in [0.3, 0.4) is 0 Å². The van der Waals surface area contributed by atoms with E-state index in [0.29, 0.717) is 12.0 Å². The van der Waals surface area contributed by atoms with Gasteiger partial charge in [0.1, 0.15) is 17.4 Å². The van der Waals surface area contributed by atoms with E-state index in [9.17, 15) is 30.0 Å². The van der Waals surface area contributed by atoms with Gasteiger partial charge in [0.2, 0.25) is 5.60 Å². The van der Waals surface area contributed by atoms with Gasteiger partial charge in [0.05, 0.1) is 6.42 Å². The van der Waals surface area contributed by atoms with E-state index in [2.05, 4.69) is 4.98 Å². The fourth-order valence-electron chi connectivity index (χ4n) is 7.81. The van der Waals surface area contributed by atoms with E-state index in [-0.39, 0.29) is 23.6 Å². The Labute approximate surface area is 197 Å². The maximum Gasteiger partial charge on any atom is 0.355 e. The number of H-pyrrole nitrogens is 1. The van der Waals surface area contributed by atoms with Gasteiger partial charge in [0, 0.05) is 11.6 Å². The molecule has 1 aromatic heterocycles. The lowest BCUT2D eigenvalue weighted by Gasteiger charge is -2.59. The molecule has 5 rings (SSSR count). The first-order valence-electron chi connectivity index (χ1n) is 11.9. The SMILES string of the molecule is CC1=C(C(C)C)C(OC(=O)c2ccc[nH]2)[C@@]2(O)[C@@]3(C)CC(=O)O[C@@]4(C(O)C(C)CC[C@]34O)[C@@]12O. The van der Waals surface area contributed by atoms with Crippen LogP contribution in [0.25, 0.3) is 0 Å². The van der Waals surface area contributed by atoms with Crippen molar-refractivity contribution in [3.63, 3.8) is 0 Å². The molecule has 1 aliphatic heterocycles. The number of aliphatic hydroxyl groups excluding tert-OH is 1. The number of esters is 2. The Bertz CT molecular complexity index is 1100. The number of aliphatic hydroxyl groups is 4. The number of carbonyl (C=O) groups excluding carboxylic acids is 2. The van der Waals surface area contributed by atoms with Crippen LogP contribution in [0.2, 0.25) is 0 Å². The van der Waals surface area contributed by atoms with Crippen molar-refractivity contribution in [3.8, 4) is 0 Å². The van der Waals surface area contributed by atoms with E-state index < -0.39 is 64.3 Å². The Morgan fingerprint density at radius 1 is 1.29 bits per heavy atom. The number of fused-ring (bicyclic) bond motifs is 2. The first-order valence-corrected chi connectivity index (χ1v) is 11.9. The second-order valence-corrected chi connectivity index (χ2v) is 11.1. The van der Waals surface area contributed by atoms with Crippen LogP contribution in [0.4, 0.5) is 0 Å². The Morgan fingerprint density at radius 2 is 1.97 bits per heavy atom. The summed E-state index contributed by atoms with van der Waals surface area (Å²) in [4.78, 5) is 28.8. The van der Waals surface area contributed by atoms with Crippen LogP contribution in [0.5, 0.6) is 0 Å². The molecule has 186 valence electrons. The molecular formula is C25H33NO8. The first-order chi connectivity index (χ1) is 15.7. The predicted molar refractivity (Wildman–Crippen MR) is 118 cm³/mol. The summed E-state index contributed by atoms with van der Waals surface area (Å²) < 4.78 is 11.7. The standard InChI is InChI=1S/C25H33NO8/c1-12(2)17-14(4)23(31)24(32,19(17)33-20(29)15-7-6-10-26-15)21(5)11-16(27)34-25(23)18(28)13(3)8-9-22(21,25)30/h6-7,10,12-13,18-19,26,28,30-32H,8-9,11H2,1-5H3/t13?,18?,19?,21-,22-,23+,24+,25+/m0/s1. The molecule has 4 aliphatic rings. The van der Waals surface area contributed by atoms with E-state index >= 15 is 0 Å². The summed E-state index contributed by atoms with van der Waals surface area (Å²) >= 11 is 0. The van der Waals surface area contributed by atoms with Gasteiger partial charge in [0.15, 0.2) is 17.3 Å². The minimum Gasteiger partial charge on any atom is -0.450 e. The number of aromatic nitrogens is 1. The molecule has 3 aliphatic carbocycles. The third-order valence-corrected chi connectivity index (χ3v) is 9.45. The quantitative estimate of drug-likeness (QED) is 0.324. The van der Waals surface area contributed by atoms with E-state index in [1.54, 1.807) is 26.1 Å². The fraction of sp³-hybridized carbons (Fsp3) is 0.680. The number of hydrogen-bond acceptors (Lipinski definition) is 8. The lowest BCUT2D eigenvalue weighted by Crippen LogP contribution is -2.77. The molecule has 2 bridgehead atoms. The van der Waals surface area contributed by atoms with Gasteiger partial charge in [-0.15, -0.1) is 0 Å². The molecule has 34 heavy (non-hydrogen) atoms. The van der Waals surface area contributed by atoms with Gasteiger partial charge in [0.25, 0.3) is 0 Å². The number of carbonyl (C=O) groups is 2. The molecule has 0 radical (unpaired) electrons. The summed E-state index contributed by atoms with van der Waals surface area (Å²) in [5.41, 5.74) is -9.77. The maximum atomic E-state index is 13.1. The Hall–Kier alpha value is -2.20. The highest BCUT2D eigenvalue weighted by molar-refractivity contribution is 5.88. The molecule has 1 saturated heterocycles. The molecule has 9 nitrogen and oxygen atoms in total. The normalized spacial score (nSPS) is 47.5. The van der Waals surface area contributed by atoms with E-state index in [1.807, 2.05) is 13.8 Å². The second-order valence-electron chi connectivity index (χ2n) is 11.1. The van der Waals surface area contributed by atoms with Gasteiger partial charge in [-0.25, -0.2) is 4.79 Å². The predicted octanol–water partition coefficient (Wildman–Crippen LogP) is 1.22. The molecule has 3 unspecified atom stereocenters. The highest BCUT2D eigenvalue weighted by Crippen LogP contribution is 2.77. The first kappa shape index (κ1) is 23.5. The molecule has 2 heterocycles. The summed E-state index contributed by atoms with van der Waals surface area (Å²) in [5, 5.41) is 49.0. The minimum absolute atomic E-state index is 0.0845. The zero-order chi connectivity index (χ0) is 25.1. The molecule has 0 spiro atoms. The fourth-order valence-corrected chi connectivity index (χ4v) is 7.81. The molecule has 2 saturated carbocycles. The van der Waals surface area contributed by atoms with Crippen LogP contribution in [-0.2, 0) is 14.3 Å². The van der Waals surface area contributed by atoms with Crippen LogP contribution in [0, 0.1) is 17.3 Å². The van der Waals surface area contributed by atoms with Gasteiger partial charge in [-0.05, 0) is 54.9 Å². The van der Waals surface area contributed by atoms with Gasteiger partial charge in [-0.3, -0.25) is 4.79 Å². The highest BCUT2D eigenvalue weighted by atomic mass is 16.6. The molecule has 5 N–H and O–H groups in total. The van der Waals surface area contributed by atoms with Gasteiger partial charge < -0.3 is 34.9 Å². The highest BCUT2D eigenvalue weighted by Gasteiger charge is 2.96. The van der Waals surface area contributed by atoms with Gasteiger partial charge in [-0.2, -0.15) is 0 Å². The van der Waals surface area contributed by atoms with Crippen LogP contribution in [0.1, 0.15) is 64.4 Å². The Kier molecular flexibility index (Phi) is 4.65. The summed E-state index contributed by atoms with van der Waals surface area (Å²) in [7, 11) is 0. The summed E-state index contributed by atoms with van der Waals surface area (Å²) in [6, 6.07) is 3.16. The lowest BCUT2D eigenvalue weighted by molar-refractivity contribution is -0.307. The summed E-state index contributed by atoms with van der Waals surface area (Å²) in [6.45, 7) is 8.54. The van der Waals surface area contributed by atoms with E-state index in [4.69, 9.17) is 9.47 Å². The van der Waals surface area contributed by atoms with Crippen molar-refractivity contribution in [2.75, 3.05) is 0 Å². The number of aromatic amines is 1. The molecule has 1 aromatic rings. The minimum atomic E-state index is -2.40. The van der Waals surface area contributed by atoms with Crippen LogP contribution >= 0.6 is 0 Å². The third kappa shape index (κ3) is 2.13. The van der Waals surface area contributed by atoms with Gasteiger partial charge in [-0.1, -0.05) is 27.7 Å². The maximum absolute atomic E-state index is 13.1. The van der Waals surface area contributed by atoms with Crippen molar-refractivity contribution in [2.24, 2.45) is 17.3 Å². The number of ether oxygens (including phenoxy) is 2. The van der Waals surface area contributed by atoms with Crippen molar-refractivity contribution in [2.45, 2.75) is 88.5 Å². The monoisotopic (exact) mass is 475 g/mol. The smallest absolute Gasteiger partial charge is 0.355 e. The zero-order valence-electron chi connectivity index (χ0n) is 20.1. The second kappa shape index (κ2) is 6.72. The number of nitrogens with one attached hydrogen (secondary N) is 1. The molecule has 9 heteroatoms. The Morgan fingerprint density at radius 3 is 2.56 bits per heavy atom. The molecule has 8 atom stereocenters. The molecule has 0 aromatic carbocycles. The average molecular weight is 476 g/mol. The van der Waals surface area contributed by atoms with Crippen molar-refractivity contribution in [3.05, 3.63) is 35.2 Å². The van der Waals surface area contributed by atoms with Crippen molar-refractivity contribution in [1.29, 1.82) is 0 Å². The van der Waals surface area contributed by atoms with E-state index in [0.717, 1.165) is 0 Å². The topological polar surface area (TPSA) is 149 Å². The van der Waals surface area contributed by atoms with Crippen LogP contribution in [-0.4, -0.2) is 72.0 Å². The summed E-state index contributed by atoms with van der Waals surface area (Å²) in [6.07, 6.45) is -1.23. The van der Waals surface area contributed by atoms with Crippen molar-refractivity contribution >= 4 is 11.9 Å². The number of hydrogen-bond donors (Lipinski definition) is 5. The summed E-state index contributed by atoms with van der Waals surface area (Å²) in [5.74, 6) is -2.21. The number of rotatable bonds is 3. The average Bonchev–Trinajstić information content (AvgIpc) is 3.36. The Balaban J connectivity index is 1.81. The third-order valence-electron chi connectivity index (χ3n) is 9.45. The molecular weight excluding hydrogens is 442 g/mol.